The number of aromatic nitrogens is 2. The topological polar surface area (TPSA) is 82.6 Å². The minimum absolute atomic E-state index is 0.0354. The number of hydrogen-bond donors (Lipinski definition) is 1. The Morgan fingerprint density at radius 3 is 2.70 bits per heavy atom. The molecule has 2 fully saturated rings. The Morgan fingerprint density at radius 2 is 2.07 bits per heavy atom. The lowest BCUT2D eigenvalue weighted by Gasteiger charge is -2.41. The smallest absolute Gasteiger partial charge is 0.268 e. The molecule has 2 aliphatic heterocycles. The molecule has 30 heavy (non-hydrogen) atoms. The summed E-state index contributed by atoms with van der Waals surface area (Å²) < 4.78 is 12.7. The van der Waals surface area contributed by atoms with Gasteiger partial charge in [-0.05, 0) is 31.9 Å². The number of nitrogens with zero attached hydrogens (tertiary/aromatic N) is 3. The first-order valence-corrected chi connectivity index (χ1v) is 11.2. The second kappa shape index (κ2) is 8.42. The number of piperidine rings is 1. The van der Waals surface area contributed by atoms with Crippen molar-refractivity contribution in [2.45, 2.75) is 41.7 Å². The summed E-state index contributed by atoms with van der Waals surface area (Å²) in [6.45, 7) is 4.37. The van der Waals surface area contributed by atoms with Crippen LogP contribution >= 0.6 is 23.4 Å². The van der Waals surface area contributed by atoms with Crippen molar-refractivity contribution in [3.63, 3.8) is 0 Å². The number of nitrogens with two attached hydrogens (primary N) is 1. The van der Waals surface area contributed by atoms with E-state index in [4.69, 9.17) is 26.8 Å². The highest BCUT2D eigenvalue weighted by molar-refractivity contribution is 7.99. The predicted molar refractivity (Wildman–Crippen MR) is 119 cm³/mol. The van der Waals surface area contributed by atoms with Crippen LogP contribution in [-0.2, 0) is 11.8 Å². The SMILES string of the molecule is COc1cccc(Sc2cnc(N3CCC4(CC3)CO[C@@H](C)[C@H]4N)n(C)c2=O)c1Cl. The summed E-state index contributed by atoms with van der Waals surface area (Å²) in [6.07, 6.45) is 3.60. The summed E-state index contributed by atoms with van der Waals surface area (Å²) in [5, 5.41) is 0.488. The first-order chi connectivity index (χ1) is 14.4. The van der Waals surface area contributed by atoms with Crippen LogP contribution in [0, 0.1) is 5.41 Å². The highest BCUT2D eigenvalue weighted by Gasteiger charge is 2.47. The Balaban J connectivity index is 1.52. The molecule has 2 aromatic rings. The van der Waals surface area contributed by atoms with E-state index < -0.39 is 0 Å². The van der Waals surface area contributed by atoms with Crippen LogP contribution in [0.1, 0.15) is 19.8 Å². The van der Waals surface area contributed by atoms with Crippen LogP contribution in [0.25, 0.3) is 0 Å². The van der Waals surface area contributed by atoms with E-state index in [0.717, 1.165) is 30.8 Å². The average molecular weight is 451 g/mol. The standard InChI is InChI=1S/C21H27ClN4O3S/c1-13-18(23)21(12-29-13)7-9-26(10-8-21)20-24-11-16(19(27)25(20)2)30-15-6-4-5-14(28-3)17(15)22/h4-6,11,13,18H,7-10,12,23H2,1-3H3/t13-,18+/m0/s1. The fourth-order valence-electron chi connectivity index (χ4n) is 4.35. The highest BCUT2D eigenvalue weighted by atomic mass is 35.5. The molecule has 9 heteroatoms. The Hall–Kier alpha value is -1.74. The highest BCUT2D eigenvalue weighted by Crippen LogP contribution is 2.42. The molecular formula is C21H27ClN4O3S. The van der Waals surface area contributed by atoms with Gasteiger partial charge in [-0.15, -0.1) is 0 Å². The van der Waals surface area contributed by atoms with Gasteiger partial charge in [0.1, 0.15) is 5.75 Å². The van der Waals surface area contributed by atoms with Crippen LogP contribution in [0.3, 0.4) is 0 Å². The third-order valence-electron chi connectivity index (χ3n) is 6.37. The molecule has 2 saturated heterocycles. The first-order valence-electron chi connectivity index (χ1n) is 10.0. The minimum atomic E-state index is -0.0984. The predicted octanol–water partition coefficient (Wildman–Crippen LogP) is 2.93. The van der Waals surface area contributed by atoms with Crippen molar-refractivity contribution in [3.8, 4) is 5.75 Å². The van der Waals surface area contributed by atoms with E-state index in [2.05, 4.69) is 9.88 Å². The number of rotatable bonds is 4. The molecule has 1 aromatic heterocycles. The molecule has 0 saturated carbocycles. The van der Waals surface area contributed by atoms with Gasteiger partial charge in [0.2, 0.25) is 5.95 Å². The van der Waals surface area contributed by atoms with E-state index in [1.54, 1.807) is 31.0 Å². The maximum absolute atomic E-state index is 13.0. The molecular weight excluding hydrogens is 424 g/mol. The molecule has 3 heterocycles. The molecule has 2 aliphatic rings. The third-order valence-corrected chi connectivity index (χ3v) is 7.93. The largest absolute Gasteiger partial charge is 0.495 e. The molecule has 2 atom stereocenters. The number of hydrogen-bond acceptors (Lipinski definition) is 7. The number of ether oxygens (including phenoxy) is 2. The van der Waals surface area contributed by atoms with Gasteiger partial charge in [-0.25, -0.2) is 4.98 Å². The van der Waals surface area contributed by atoms with Gasteiger partial charge in [0, 0.05) is 36.5 Å². The number of anilines is 1. The first kappa shape index (κ1) is 21.5. The van der Waals surface area contributed by atoms with Crippen molar-refractivity contribution in [1.82, 2.24) is 9.55 Å². The lowest BCUT2D eigenvalue weighted by atomic mass is 9.73. The van der Waals surface area contributed by atoms with Gasteiger partial charge in [-0.3, -0.25) is 9.36 Å². The molecule has 0 unspecified atom stereocenters. The zero-order valence-corrected chi connectivity index (χ0v) is 19.0. The molecule has 4 rings (SSSR count). The molecule has 0 radical (unpaired) electrons. The summed E-state index contributed by atoms with van der Waals surface area (Å²) in [6, 6.07) is 5.56. The molecule has 2 N–H and O–H groups in total. The minimum Gasteiger partial charge on any atom is -0.495 e. The van der Waals surface area contributed by atoms with Crippen LogP contribution < -0.4 is 20.9 Å². The van der Waals surface area contributed by atoms with Gasteiger partial charge in [0.05, 0.1) is 35.9 Å². The summed E-state index contributed by atoms with van der Waals surface area (Å²) in [5.41, 5.74) is 6.35. The van der Waals surface area contributed by atoms with Gasteiger partial charge < -0.3 is 20.1 Å². The van der Waals surface area contributed by atoms with Crippen LogP contribution in [-0.4, -0.2) is 48.5 Å². The van der Waals surface area contributed by atoms with E-state index in [-0.39, 0.29) is 23.1 Å². The number of methoxy groups -OCH3 is 1. The normalized spacial score (nSPS) is 23.2. The van der Waals surface area contributed by atoms with E-state index in [9.17, 15) is 4.79 Å². The molecule has 1 aromatic carbocycles. The lowest BCUT2D eigenvalue weighted by Crippen LogP contribution is -2.51. The van der Waals surface area contributed by atoms with Gasteiger partial charge in [-0.1, -0.05) is 29.4 Å². The molecule has 0 bridgehead atoms. The van der Waals surface area contributed by atoms with Crippen LogP contribution in [0.2, 0.25) is 5.02 Å². The van der Waals surface area contributed by atoms with Crippen LogP contribution in [0.4, 0.5) is 5.95 Å². The van der Waals surface area contributed by atoms with Crippen molar-refractivity contribution >= 4 is 29.3 Å². The monoisotopic (exact) mass is 450 g/mol. The quantitative estimate of drug-likeness (QED) is 0.766. The Morgan fingerprint density at radius 1 is 1.33 bits per heavy atom. The zero-order chi connectivity index (χ0) is 21.5. The van der Waals surface area contributed by atoms with E-state index in [1.165, 1.54) is 11.8 Å². The summed E-state index contributed by atoms with van der Waals surface area (Å²) in [4.78, 5) is 21.1. The van der Waals surface area contributed by atoms with Gasteiger partial charge in [0.25, 0.3) is 5.56 Å². The summed E-state index contributed by atoms with van der Waals surface area (Å²) in [5.74, 6) is 1.25. The fraction of sp³-hybridized carbons (Fsp3) is 0.524. The molecule has 0 aliphatic carbocycles. The van der Waals surface area contributed by atoms with Crippen molar-refractivity contribution in [2.24, 2.45) is 18.2 Å². The van der Waals surface area contributed by atoms with Crippen LogP contribution in [0.15, 0.2) is 39.0 Å². The second-order valence-corrected chi connectivity index (χ2v) is 9.51. The maximum atomic E-state index is 13.0. The van der Waals surface area contributed by atoms with Crippen molar-refractivity contribution < 1.29 is 9.47 Å². The molecule has 7 nitrogen and oxygen atoms in total. The third kappa shape index (κ3) is 3.70. The Bertz CT molecular complexity index is 991. The fourth-order valence-corrected chi connectivity index (χ4v) is 5.57. The molecule has 1 spiro atoms. The number of halogens is 1. The zero-order valence-electron chi connectivity index (χ0n) is 17.4. The van der Waals surface area contributed by atoms with E-state index >= 15 is 0 Å². The van der Waals surface area contributed by atoms with Gasteiger partial charge in [-0.2, -0.15) is 0 Å². The van der Waals surface area contributed by atoms with E-state index in [1.807, 2.05) is 19.1 Å². The van der Waals surface area contributed by atoms with E-state index in [0.29, 0.717) is 28.2 Å². The van der Waals surface area contributed by atoms with Crippen molar-refractivity contribution in [3.05, 3.63) is 39.8 Å². The molecule has 162 valence electrons. The summed E-state index contributed by atoms with van der Waals surface area (Å²) in [7, 11) is 3.33. The van der Waals surface area contributed by atoms with Crippen molar-refractivity contribution in [2.75, 3.05) is 31.7 Å². The molecule has 0 amide bonds. The maximum Gasteiger partial charge on any atom is 0.268 e. The van der Waals surface area contributed by atoms with Crippen molar-refractivity contribution in [1.29, 1.82) is 0 Å². The van der Waals surface area contributed by atoms with Gasteiger partial charge >= 0.3 is 0 Å². The Kier molecular flexibility index (Phi) is 6.03. The average Bonchev–Trinajstić information content (AvgIpc) is 3.02. The van der Waals surface area contributed by atoms with Gasteiger partial charge in [0.15, 0.2) is 0 Å². The lowest BCUT2D eigenvalue weighted by molar-refractivity contribution is 0.0973. The van der Waals surface area contributed by atoms with Crippen LogP contribution in [0.5, 0.6) is 5.75 Å². The second-order valence-electron chi connectivity index (χ2n) is 8.05. The number of benzene rings is 1. The Labute approximate surface area is 185 Å². The summed E-state index contributed by atoms with van der Waals surface area (Å²) >= 11 is 7.68.